The predicted octanol–water partition coefficient (Wildman–Crippen LogP) is 3.26. The van der Waals surface area contributed by atoms with Crippen molar-refractivity contribution >= 4 is 0 Å². The fraction of sp³-hybridized carbons (Fsp3) is 0.647. The summed E-state index contributed by atoms with van der Waals surface area (Å²) in [6.07, 6.45) is 3.38. The maximum atomic E-state index is 12.4. The lowest BCUT2D eigenvalue weighted by Gasteiger charge is -2.34. The quantitative estimate of drug-likeness (QED) is 0.794. The normalized spacial score (nSPS) is 16.1. The van der Waals surface area contributed by atoms with Crippen molar-refractivity contribution in [2.75, 3.05) is 26.7 Å². The molecule has 0 unspecified atom stereocenters. The Bertz CT molecular complexity index is 480. The van der Waals surface area contributed by atoms with Gasteiger partial charge in [0.05, 0.1) is 7.11 Å². The van der Waals surface area contributed by atoms with Gasteiger partial charge in [-0.1, -0.05) is 13.0 Å². The molecule has 0 aromatic heterocycles. The Morgan fingerprint density at radius 2 is 2.00 bits per heavy atom. The predicted molar refractivity (Wildman–Crippen MR) is 86.2 cm³/mol. The van der Waals surface area contributed by atoms with Gasteiger partial charge in [-0.25, -0.2) is 0 Å². The van der Waals surface area contributed by atoms with E-state index in [1.807, 2.05) is 6.07 Å². The second-order valence-corrected chi connectivity index (χ2v) is 5.82. The summed E-state index contributed by atoms with van der Waals surface area (Å²) in [6, 6.07) is 5.76. The Labute approximate surface area is 136 Å². The molecule has 1 heterocycles. The molecule has 2 rings (SSSR count). The molecule has 1 aliphatic heterocycles. The van der Waals surface area contributed by atoms with Gasteiger partial charge in [0, 0.05) is 12.6 Å². The van der Waals surface area contributed by atoms with Crippen molar-refractivity contribution < 1.29 is 18.3 Å². The Hall–Kier alpha value is -1.40. The molecule has 0 aliphatic carbocycles. The number of hydrogen-bond donors (Lipinski definition) is 1. The van der Waals surface area contributed by atoms with Crippen LogP contribution in [0.15, 0.2) is 18.2 Å². The molecule has 0 amide bonds. The smallest absolute Gasteiger partial charge is 0.387 e. The highest BCUT2D eigenvalue weighted by atomic mass is 19.3. The molecule has 0 radical (unpaired) electrons. The number of benzene rings is 1. The van der Waals surface area contributed by atoms with Crippen molar-refractivity contribution in [1.29, 1.82) is 0 Å². The van der Waals surface area contributed by atoms with Gasteiger partial charge < -0.3 is 14.8 Å². The summed E-state index contributed by atoms with van der Waals surface area (Å²) in [4.78, 5) is 2.48. The van der Waals surface area contributed by atoms with E-state index in [2.05, 4.69) is 21.9 Å². The summed E-state index contributed by atoms with van der Waals surface area (Å²) in [7, 11) is 1.47. The molecule has 1 fully saturated rings. The van der Waals surface area contributed by atoms with Crippen molar-refractivity contribution in [3.63, 3.8) is 0 Å². The summed E-state index contributed by atoms with van der Waals surface area (Å²) < 4.78 is 34.5. The fourth-order valence-electron chi connectivity index (χ4n) is 3.09. The molecule has 6 heteroatoms. The molecule has 0 spiro atoms. The Morgan fingerprint density at radius 3 is 2.61 bits per heavy atom. The van der Waals surface area contributed by atoms with E-state index in [0.29, 0.717) is 11.8 Å². The van der Waals surface area contributed by atoms with Crippen LogP contribution >= 0.6 is 0 Å². The third-order valence-electron chi connectivity index (χ3n) is 4.17. The van der Waals surface area contributed by atoms with Crippen molar-refractivity contribution in [3.8, 4) is 11.5 Å². The van der Waals surface area contributed by atoms with Gasteiger partial charge in [0.15, 0.2) is 11.5 Å². The second-order valence-electron chi connectivity index (χ2n) is 5.82. The number of rotatable bonds is 8. The second kappa shape index (κ2) is 9.03. The van der Waals surface area contributed by atoms with Gasteiger partial charge in [-0.05, 0) is 56.6 Å². The molecule has 1 saturated heterocycles. The minimum atomic E-state index is -2.85. The number of alkyl halides is 2. The van der Waals surface area contributed by atoms with Crippen LogP contribution in [0.2, 0.25) is 0 Å². The highest BCUT2D eigenvalue weighted by Crippen LogP contribution is 2.30. The number of halogens is 2. The maximum absolute atomic E-state index is 12.4. The third kappa shape index (κ3) is 5.32. The highest BCUT2D eigenvalue weighted by Gasteiger charge is 2.21. The number of piperidine rings is 1. The molecule has 1 aromatic carbocycles. The zero-order valence-corrected chi connectivity index (χ0v) is 13.9. The average molecular weight is 328 g/mol. The van der Waals surface area contributed by atoms with Gasteiger partial charge in [0.1, 0.15) is 0 Å². The first kappa shape index (κ1) is 17.9. The van der Waals surface area contributed by atoms with Crippen LogP contribution in [0.3, 0.4) is 0 Å². The average Bonchev–Trinajstić information content (AvgIpc) is 2.56. The van der Waals surface area contributed by atoms with Gasteiger partial charge in [0.25, 0.3) is 0 Å². The minimum absolute atomic E-state index is 0.0788. The monoisotopic (exact) mass is 328 g/mol. The van der Waals surface area contributed by atoms with Crippen LogP contribution in [0.1, 0.15) is 31.7 Å². The van der Waals surface area contributed by atoms with E-state index in [9.17, 15) is 8.78 Å². The van der Waals surface area contributed by atoms with Crippen molar-refractivity contribution in [2.45, 2.75) is 45.4 Å². The maximum Gasteiger partial charge on any atom is 0.387 e. The lowest BCUT2D eigenvalue weighted by molar-refractivity contribution is -0.0512. The highest BCUT2D eigenvalue weighted by molar-refractivity contribution is 5.43. The zero-order valence-electron chi connectivity index (χ0n) is 13.9. The number of hydrogen-bond acceptors (Lipinski definition) is 4. The standard InChI is InChI=1S/C17H26F2N2O2/c1-3-10-21(14-6-8-20-9-7-14)12-13-4-5-15(23-17(18)19)16(11-13)22-2/h4-5,11,14,17,20H,3,6-10,12H2,1-2H3. The largest absolute Gasteiger partial charge is 0.493 e. The van der Waals surface area contributed by atoms with Crippen LogP contribution in [-0.2, 0) is 6.54 Å². The molecule has 4 nitrogen and oxygen atoms in total. The van der Waals surface area contributed by atoms with Crippen LogP contribution in [0.25, 0.3) is 0 Å². The molecule has 23 heavy (non-hydrogen) atoms. The van der Waals surface area contributed by atoms with Gasteiger partial charge in [-0.3, -0.25) is 4.90 Å². The van der Waals surface area contributed by atoms with Gasteiger partial charge in [-0.2, -0.15) is 8.78 Å². The van der Waals surface area contributed by atoms with Crippen LogP contribution in [0.4, 0.5) is 8.78 Å². The SMILES string of the molecule is CCCN(Cc1ccc(OC(F)F)c(OC)c1)C1CCNCC1. The van der Waals surface area contributed by atoms with E-state index in [1.54, 1.807) is 12.1 Å². The summed E-state index contributed by atoms with van der Waals surface area (Å²) in [5.41, 5.74) is 1.05. The zero-order chi connectivity index (χ0) is 16.7. The molecule has 130 valence electrons. The Kier molecular flexibility index (Phi) is 7.05. The first-order chi connectivity index (χ1) is 11.1. The molecule has 0 saturated carbocycles. The van der Waals surface area contributed by atoms with Gasteiger partial charge in [0.2, 0.25) is 0 Å². The fourth-order valence-corrected chi connectivity index (χ4v) is 3.09. The molecule has 1 aromatic rings. The lowest BCUT2D eigenvalue weighted by Crippen LogP contribution is -2.43. The summed E-state index contributed by atoms with van der Waals surface area (Å²) in [5, 5.41) is 3.39. The summed E-state index contributed by atoms with van der Waals surface area (Å²) >= 11 is 0. The van der Waals surface area contributed by atoms with E-state index in [1.165, 1.54) is 7.11 Å². The van der Waals surface area contributed by atoms with E-state index < -0.39 is 6.61 Å². The van der Waals surface area contributed by atoms with E-state index >= 15 is 0 Å². The van der Waals surface area contributed by atoms with Crippen LogP contribution in [0, 0.1) is 0 Å². The minimum Gasteiger partial charge on any atom is -0.493 e. The molecule has 1 N–H and O–H groups in total. The van der Waals surface area contributed by atoms with Crippen LogP contribution in [0.5, 0.6) is 11.5 Å². The first-order valence-corrected chi connectivity index (χ1v) is 8.20. The molecular formula is C17H26F2N2O2. The van der Waals surface area contributed by atoms with Crippen molar-refractivity contribution in [1.82, 2.24) is 10.2 Å². The van der Waals surface area contributed by atoms with E-state index in [0.717, 1.165) is 51.0 Å². The number of nitrogens with one attached hydrogen (secondary N) is 1. The summed E-state index contributed by atoms with van der Waals surface area (Å²) in [5.74, 6) is 0.430. The first-order valence-electron chi connectivity index (χ1n) is 8.20. The van der Waals surface area contributed by atoms with Gasteiger partial charge in [-0.15, -0.1) is 0 Å². The molecule has 1 aliphatic rings. The van der Waals surface area contributed by atoms with E-state index in [-0.39, 0.29) is 5.75 Å². The number of ether oxygens (including phenoxy) is 2. The Morgan fingerprint density at radius 1 is 1.26 bits per heavy atom. The molecule has 0 atom stereocenters. The summed E-state index contributed by atoms with van der Waals surface area (Å²) in [6.45, 7) is 3.26. The third-order valence-corrected chi connectivity index (χ3v) is 4.17. The van der Waals surface area contributed by atoms with Crippen molar-refractivity contribution in [2.24, 2.45) is 0 Å². The topological polar surface area (TPSA) is 33.7 Å². The lowest BCUT2D eigenvalue weighted by atomic mass is 10.0. The molecular weight excluding hydrogens is 302 g/mol. The Balaban J connectivity index is 2.09. The number of nitrogens with zero attached hydrogens (tertiary/aromatic N) is 1. The van der Waals surface area contributed by atoms with Crippen molar-refractivity contribution in [3.05, 3.63) is 23.8 Å². The van der Waals surface area contributed by atoms with E-state index in [4.69, 9.17) is 4.74 Å². The van der Waals surface area contributed by atoms with Crippen LogP contribution < -0.4 is 14.8 Å². The number of methoxy groups -OCH3 is 1. The van der Waals surface area contributed by atoms with Crippen LogP contribution in [-0.4, -0.2) is 44.3 Å². The van der Waals surface area contributed by atoms with Gasteiger partial charge >= 0.3 is 6.61 Å². The molecule has 0 bridgehead atoms.